The van der Waals surface area contributed by atoms with Gasteiger partial charge in [0.05, 0.1) is 11.7 Å². The van der Waals surface area contributed by atoms with Crippen LogP contribution in [0.5, 0.6) is 0 Å². The zero-order valence-corrected chi connectivity index (χ0v) is 13.7. The van der Waals surface area contributed by atoms with E-state index < -0.39 is 16.1 Å². The van der Waals surface area contributed by atoms with E-state index in [0.29, 0.717) is 17.7 Å². The van der Waals surface area contributed by atoms with Gasteiger partial charge in [-0.15, -0.1) is 0 Å². The molecular weight excluding hydrogens is 290 g/mol. The Morgan fingerprint density at radius 3 is 2.43 bits per heavy atom. The number of hydrogen-bond donors (Lipinski definition) is 3. The predicted octanol–water partition coefficient (Wildman–Crippen LogP) is 1.08. The van der Waals surface area contributed by atoms with E-state index in [4.69, 9.17) is 5.73 Å². The van der Waals surface area contributed by atoms with Crippen LogP contribution in [0.15, 0.2) is 17.0 Å². The molecule has 0 aromatic heterocycles. The first-order chi connectivity index (χ1) is 9.70. The molecule has 21 heavy (non-hydrogen) atoms. The van der Waals surface area contributed by atoms with E-state index in [1.54, 1.807) is 26.0 Å². The van der Waals surface area contributed by atoms with Gasteiger partial charge in [0.25, 0.3) is 0 Å². The molecule has 118 valence electrons. The Kier molecular flexibility index (Phi) is 5.74. The molecule has 6 nitrogen and oxygen atoms in total. The van der Waals surface area contributed by atoms with Crippen LogP contribution < -0.4 is 15.8 Å². The Bertz CT molecular complexity index is 627. The van der Waals surface area contributed by atoms with Crippen LogP contribution in [0.25, 0.3) is 0 Å². The Balaban J connectivity index is 3.03. The number of benzene rings is 1. The number of sulfonamides is 1. The zero-order chi connectivity index (χ0) is 16.2. The standard InChI is InChI=1S/C14H23N3O3S/c1-5-8-16-14(18)11(4)17-21(19,20)13-10(3)7-6-9(2)12(13)15/h6-7,11,17H,5,8,15H2,1-4H3,(H,16,18). The Morgan fingerprint density at radius 2 is 1.86 bits per heavy atom. The zero-order valence-electron chi connectivity index (χ0n) is 12.9. The average molecular weight is 313 g/mol. The molecule has 1 aromatic rings. The number of aryl methyl sites for hydroxylation is 2. The van der Waals surface area contributed by atoms with E-state index in [2.05, 4.69) is 10.0 Å². The number of anilines is 1. The summed E-state index contributed by atoms with van der Waals surface area (Å²) in [6, 6.07) is 2.60. The number of amides is 1. The number of hydrogen-bond acceptors (Lipinski definition) is 4. The van der Waals surface area contributed by atoms with E-state index in [0.717, 1.165) is 6.42 Å². The molecule has 0 aliphatic rings. The van der Waals surface area contributed by atoms with Gasteiger partial charge in [-0.2, -0.15) is 4.72 Å². The highest BCUT2D eigenvalue weighted by Crippen LogP contribution is 2.25. The summed E-state index contributed by atoms with van der Waals surface area (Å²) < 4.78 is 27.3. The summed E-state index contributed by atoms with van der Waals surface area (Å²) in [5, 5.41) is 2.65. The molecule has 0 bridgehead atoms. The SMILES string of the molecule is CCCNC(=O)C(C)NS(=O)(=O)c1c(C)ccc(C)c1N. The van der Waals surface area contributed by atoms with E-state index >= 15 is 0 Å². The second-order valence-corrected chi connectivity index (χ2v) is 6.73. The van der Waals surface area contributed by atoms with Crippen molar-refractivity contribution in [3.8, 4) is 0 Å². The summed E-state index contributed by atoms with van der Waals surface area (Å²) in [4.78, 5) is 11.8. The molecule has 0 saturated heterocycles. The smallest absolute Gasteiger partial charge is 0.243 e. The third kappa shape index (κ3) is 4.18. The minimum atomic E-state index is -3.85. The normalized spacial score (nSPS) is 13.0. The molecule has 1 unspecified atom stereocenters. The fourth-order valence-electron chi connectivity index (χ4n) is 1.91. The number of nitrogens with two attached hydrogens (primary N) is 1. The van der Waals surface area contributed by atoms with Crippen molar-refractivity contribution in [2.75, 3.05) is 12.3 Å². The van der Waals surface area contributed by atoms with Crippen molar-refractivity contribution < 1.29 is 13.2 Å². The lowest BCUT2D eigenvalue weighted by molar-refractivity contribution is -0.122. The van der Waals surface area contributed by atoms with Gasteiger partial charge in [-0.05, 0) is 38.3 Å². The summed E-state index contributed by atoms with van der Waals surface area (Å²) in [6.07, 6.45) is 0.787. The fraction of sp³-hybridized carbons (Fsp3) is 0.500. The number of carbonyl (C=O) groups is 1. The Labute approximate surface area is 126 Å². The molecule has 0 saturated carbocycles. The topological polar surface area (TPSA) is 101 Å². The minimum absolute atomic E-state index is 0.0395. The predicted molar refractivity (Wildman–Crippen MR) is 83.4 cm³/mol. The molecule has 0 aliphatic heterocycles. The van der Waals surface area contributed by atoms with Gasteiger partial charge in [-0.25, -0.2) is 8.42 Å². The second-order valence-electron chi connectivity index (χ2n) is 5.08. The highest BCUT2D eigenvalue weighted by Gasteiger charge is 2.25. The van der Waals surface area contributed by atoms with Gasteiger partial charge in [0.15, 0.2) is 0 Å². The lowest BCUT2D eigenvalue weighted by Gasteiger charge is -2.17. The molecule has 1 rings (SSSR count). The molecule has 0 heterocycles. The molecule has 0 aliphatic carbocycles. The van der Waals surface area contributed by atoms with Crippen molar-refractivity contribution in [1.82, 2.24) is 10.0 Å². The second kappa shape index (κ2) is 6.91. The maximum absolute atomic E-state index is 12.4. The summed E-state index contributed by atoms with van der Waals surface area (Å²) in [7, 11) is -3.85. The monoisotopic (exact) mass is 313 g/mol. The van der Waals surface area contributed by atoms with E-state index in [1.807, 2.05) is 6.92 Å². The largest absolute Gasteiger partial charge is 0.397 e. The van der Waals surface area contributed by atoms with E-state index in [1.165, 1.54) is 6.92 Å². The maximum Gasteiger partial charge on any atom is 0.243 e. The van der Waals surface area contributed by atoms with Crippen molar-refractivity contribution in [2.24, 2.45) is 0 Å². The quantitative estimate of drug-likeness (QED) is 0.684. The van der Waals surface area contributed by atoms with Crippen LogP contribution in [0.3, 0.4) is 0 Å². The Hall–Kier alpha value is -1.60. The summed E-state index contributed by atoms with van der Waals surface area (Å²) in [6.45, 7) is 7.35. The van der Waals surface area contributed by atoms with Crippen LogP contribution in [-0.4, -0.2) is 26.9 Å². The number of nitrogen functional groups attached to an aromatic ring is 1. The van der Waals surface area contributed by atoms with Crippen LogP contribution in [0.4, 0.5) is 5.69 Å². The molecule has 0 radical (unpaired) electrons. The van der Waals surface area contributed by atoms with Gasteiger partial charge in [-0.3, -0.25) is 4.79 Å². The Morgan fingerprint density at radius 1 is 1.29 bits per heavy atom. The van der Waals surface area contributed by atoms with E-state index in [9.17, 15) is 13.2 Å². The molecular formula is C14H23N3O3S. The summed E-state index contributed by atoms with van der Waals surface area (Å²) in [5.74, 6) is -0.357. The highest BCUT2D eigenvalue weighted by atomic mass is 32.2. The van der Waals surface area contributed by atoms with Gasteiger partial charge in [0.1, 0.15) is 4.90 Å². The molecule has 7 heteroatoms. The van der Waals surface area contributed by atoms with Crippen LogP contribution >= 0.6 is 0 Å². The molecule has 1 atom stereocenters. The lowest BCUT2D eigenvalue weighted by atomic mass is 10.1. The van der Waals surface area contributed by atoms with Crippen LogP contribution in [0.2, 0.25) is 0 Å². The van der Waals surface area contributed by atoms with Crippen LogP contribution in [-0.2, 0) is 14.8 Å². The van der Waals surface area contributed by atoms with Gasteiger partial charge in [0, 0.05) is 6.54 Å². The van der Waals surface area contributed by atoms with Crippen LogP contribution in [0.1, 0.15) is 31.4 Å². The molecule has 1 amide bonds. The first kappa shape index (κ1) is 17.5. The van der Waals surface area contributed by atoms with Crippen molar-refractivity contribution in [2.45, 2.75) is 45.1 Å². The number of rotatable bonds is 6. The van der Waals surface area contributed by atoms with Gasteiger partial charge < -0.3 is 11.1 Å². The molecule has 0 spiro atoms. The van der Waals surface area contributed by atoms with Crippen molar-refractivity contribution >= 4 is 21.6 Å². The third-order valence-electron chi connectivity index (χ3n) is 3.15. The highest BCUT2D eigenvalue weighted by molar-refractivity contribution is 7.89. The molecule has 1 aromatic carbocycles. The van der Waals surface area contributed by atoms with Crippen molar-refractivity contribution in [3.05, 3.63) is 23.3 Å². The van der Waals surface area contributed by atoms with Gasteiger partial charge in [-0.1, -0.05) is 19.1 Å². The average Bonchev–Trinajstić information content (AvgIpc) is 2.39. The van der Waals surface area contributed by atoms with Gasteiger partial charge in [0.2, 0.25) is 15.9 Å². The maximum atomic E-state index is 12.4. The lowest BCUT2D eigenvalue weighted by Crippen LogP contribution is -2.45. The van der Waals surface area contributed by atoms with E-state index in [-0.39, 0.29) is 16.5 Å². The van der Waals surface area contributed by atoms with Gasteiger partial charge >= 0.3 is 0 Å². The summed E-state index contributed by atoms with van der Waals surface area (Å²) in [5.41, 5.74) is 7.33. The first-order valence-corrected chi connectivity index (χ1v) is 8.34. The minimum Gasteiger partial charge on any atom is -0.397 e. The number of nitrogens with one attached hydrogen (secondary N) is 2. The van der Waals surface area contributed by atoms with Crippen molar-refractivity contribution in [1.29, 1.82) is 0 Å². The first-order valence-electron chi connectivity index (χ1n) is 6.86. The number of carbonyl (C=O) groups excluding carboxylic acids is 1. The third-order valence-corrected chi connectivity index (χ3v) is 4.90. The summed E-state index contributed by atoms with van der Waals surface area (Å²) >= 11 is 0. The fourth-order valence-corrected chi connectivity index (χ4v) is 3.54. The molecule has 4 N–H and O–H groups in total. The van der Waals surface area contributed by atoms with Crippen molar-refractivity contribution in [3.63, 3.8) is 0 Å². The van der Waals surface area contributed by atoms with Crippen LogP contribution in [0, 0.1) is 13.8 Å². The molecule has 0 fully saturated rings.